The minimum Gasteiger partial charge on any atom is -0.462 e. The van der Waals surface area contributed by atoms with E-state index in [2.05, 4.69) is 30.8 Å². The summed E-state index contributed by atoms with van der Waals surface area (Å²) in [5.41, 5.74) is 1.80. The van der Waals surface area contributed by atoms with E-state index in [1.165, 1.54) is 7.11 Å². The van der Waals surface area contributed by atoms with Crippen molar-refractivity contribution in [1.82, 2.24) is 0 Å². The highest BCUT2D eigenvalue weighted by molar-refractivity contribution is 6.37. The molecule has 0 saturated heterocycles. The second-order valence-corrected chi connectivity index (χ2v) is 4.77. The molecule has 0 aliphatic heterocycles. The summed E-state index contributed by atoms with van der Waals surface area (Å²) in [6.45, 7) is 6.32. The zero-order valence-corrected chi connectivity index (χ0v) is 10.5. The first-order chi connectivity index (χ1) is 7.84. The minimum absolute atomic E-state index is 0.0604. The van der Waals surface area contributed by atoms with Gasteiger partial charge in [0.05, 0.1) is 7.11 Å². The van der Waals surface area contributed by atoms with Gasteiger partial charge in [-0.05, 0) is 23.1 Å². The molecule has 0 heterocycles. The Morgan fingerprint density at radius 2 is 1.65 bits per heavy atom. The second kappa shape index (κ2) is 4.99. The maximum absolute atomic E-state index is 11.2. The summed E-state index contributed by atoms with van der Waals surface area (Å²) < 4.78 is 4.31. The number of hydrogen-bond acceptors (Lipinski definition) is 3. The van der Waals surface area contributed by atoms with Gasteiger partial charge in [-0.2, -0.15) is 0 Å². The Balaban J connectivity index is 2.76. The van der Waals surface area contributed by atoms with Gasteiger partial charge in [-0.15, -0.1) is 0 Å². The van der Waals surface area contributed by atoms with Crippen molar-refractivity contribution in [1.29, 1.82) is 0 Å². The molecule has 0 saturated carbocycles. The summed E-state index contributed by atoms with van der Waals surface area (Å²) in [7, 11) is 1.17. The number of hydrogen-bond donors (Lipinski definition) is 1. The van der Waals surface area contributed by atoms with Gasteiger partial charge in [0.25, 0.3) is 0 Å². The zero-order valence-electron chi connectivity index (χ0n) is 10.5. The molecule has 4 nitrogen and oxygen atoms in total. The molecule has 1 amide bonds. The van der Waals surface area contributed by atoms with Crippen LogP contribution in [0.4, 0.5) is 5.69 Å². The van der Waals surface area contributed by atoms with Crippen molar-refractivity contribution < 1.29 is 14.3 Å². The van der Waals surface area contributed by atoms with Crippen molar-refractivity contribution in [2.75, 3.05) is 12.4 Å². The summed E-state index contributed by atoms with van der Waals surface area (Å²) in [6, 6.07) is 7.38. The molecule has 0 atom stereocenters. The number of ether oxygens (including phenoxy) is 1. The lowest BCUT2D eigenvalue weighted by Crippen LogP contribution is -2.23. The van der Waals surface area contributed by atoms with Crippen LogP contribution in [-0.2, 0) is 19.7 Å². The fourth-order valence-electron chi connectivity index (χ4n) is 1.33. The molecular formula is C13H17NO3. The zero-order chi connectivity index (χ0) is 13.1. The largest absolute Gasteiger partial charge is 0.462 e. The van der Waals surface area contributed by atoms with Crippen LogP contribution in [0.3, 0.4) is 0 Å². The maximum atomic E-state index is 11.2. The van der Waals surface area contributed by atoms with E-state index in [1.807, 2.05) is 12.1 Å². The quantitative estimate of drug-likeness (QED) is 0.599. The van der Waals surface area contributed by atoms with Crippen molar-refractivity contribution in [3.63, 3.8) is 0 Å². The first-order valence-corrected chi connectivity index (χ1v) is 5.34. The van der Waals surface area contributed by atoms with E-state index in [4.69, 9.17) is 0 Å². The lowest BCUT2D eigenvalue weighted by atomic mass is 9.87. The Labute approximate surface area is 101 Å². The molecule has 1 aromatic carbocycles. The van der Waals surface area contributed by atoms with Crippen LogP contribution in [0.1, 0.15) is 26.3 Å². The normalized spacial score (nSPS) is 10.8. The van der Waals surface area contributed by atoms with E-state index >= 15 is 0 Å². The summed E-state index contributed by atoms with van der Waals surface area (Å²) in [5, 5.41) is 2.46. The molecule has 92 valence electrons. The average Bonchev–Trinajstić information content (AvgIpc) is 2.27. The Morgan fingerprint density at radius 3 is 2.06 bits per heavy atom. The van der Waals surface area contributed by atoms with Gasteiger partial charge in [0.2, 0.25) is 0 Å². The number of benzene rings is 1. The highest BCUT2D eigenvalue weighted by Gasteiger charge is 2.15. The number of amides is 1. The molecule has 0 aromatic heterocycles. The van der Waals surface area contributed by atoms with Crippen LogP contribution in [0.2, 0.25) is 0 Å². The van der Waals surface area contributed by atoms with Gasteiger partial charge in [0.1, 0.15) is 0 Å². The van der Waals surface area contributed by atoms with Crippen molar-refractivity contribution >= 4 is 17.6 Å². The molecular weight excluding hydrogens is 218 g/mol. The molecule has 17 heavy (non-hydrogen) atoms. The third kappa shape index (κ3) is 3.59. The van der Waals surface area contributed by atoms with Crippen LogP contribution in [0, 0.1) is 0 Å². The van der Waals surface area contributed by atoms with E-state index in [9.17, 15) is 9.59 Å². The van der Waals surface area contributed by atoms with Gasteiger partial charge in [-0.1, -0.05) is 32.9 Å². The van der Waals surface area contributed by atoms with E-state index in [0.717, 1.165) is 5.56 Å². The third-order valence-electron chi connectivity index (χ3n) is 2.38. The summed E-state index contributed by atoms with van der Waals surface area (Å²) in [4.78, 5) is 22.1. The number of methoxy groups -OCH3 is 1. The highest BCUT2D eigenvalue weighted by atomic mass is 16.5. The summed E-state index contributed by atoms with van der Waals surface area (Å²) >= 11 is 0. The Kier molecular flexibility index (Phi) is 3.89. The topological polar surface area (TPSA) is 55.4 Å². The number of nitrogens with one attached hydrogen (secondary N) is 1. The summed E-state index contributed by atoms with van der Waals surface area (Å²) in [6.07, 6.45) is 0. The smallest absolute Gasteiger partial charge is 0.396 e. The fraction of sp³-hybridized carbons (Fsp3) is 0.385. The highest BCUT2D eigenvalue weighted by Crippen LogP contribution is 2.23. The SMILES string of the molecule is COC(=O)C(=O)Nc1ccc(C(C)(C)C)cc1. The van der Waals surface area contributed by atoms with Crippen molar-refractivity contribution in [3.8, 4) is 0 Å². The number of carbonyl (C=O) groups is 2. The molecule has 1 N–H and O–H groups in total. The van der Waals surface area contributed by atoms with Crippen LogP contribution < -0.4 is 5.32 Å². The van der Waals surface area contributed by atoms with Crippen LogP contribution in [0.25, 0.3) is 0 Å². The lowest BCUT2D eigenvalue weighted by molar-refractivity contribution is -0.150. The van der Waals surface area contributed by atoms with Crippen molar-refractivity contribution in [3.05, 3.63) is 29.8 Å². The molecule has 0 unspecified atom stereocenters. The van der Waals surface area contributed by atoms with Crippen molar-refractivity contribution in [2.24, 2.45) is 0 Å². The number of esters is 1. The molecule has 0 spiro atoms. The Morgan fingerprint density at radius 1 is 1.12 bits per heavy atom. The lowest BCUT2D eigenvalue weighted by Gasteiger charge is -2.19. The monoisotopic (exact) mass is 235 g/mol. The average molecular weight is 235 g/mol. The number of carbonyl (C=O) groups excluding carboxylic acids is 2. The van der Waals surface area contributed by atoms with Crippen molar-refractivity contribution in [2.45, 2.75) is 26.2 Å². The predicted molar refractivity (Wildman–Crippen MR) is 65.8 cm³/mol. The minimum atomic E-state index is -0.898. The van der Waals surface area contributed by atoms with Gasteiger partial charge in [-0.3, -0.25) is 4.79 Å². The Bertz CT molecular complexity index is 415. The van der Waals surface area contributed by atoms with Gasteiger partial charge >= 0.3 is 11.9 Å². The number of anilines is 1. The molecule has 0 aliphatic carbocycles. The van der Waals surface area contributed by atoms with E-state index < -0.39 is 11.9 Å². The van der Waals surface area contributed by atoms with Gasteiger partial charge in [0, 0.05) is 5.69 Å². The predicted octanol–water partition coefficient (Wildman–Crippen LogP) is 2.10. The maximum Gasteiger partial charge on any atom is 0.396 e. The summed E-state index contributed by atoms with van der Waals surface area (Å²) in [5.74, 6) is -1.67. The molecule has 0 fully saturated rings. The van der Waals surface area contributed by atoms with E-state index in [0.29, 0.717) is 5.69 Å². The third-order valence-corrected chi connectivity index (χ3v) is 2.38. The standard InChI is InChI=1S/C13H17NO3/c1-13(2,3)9-5-7-10(8-6-9)14-11(15)12(16)17-4/h5-8H,1-4H3,(H,14,15). The molecule has 1 rings (SSSR count). The Hall–Kier alpha value is -1.84. The number of rotatable bonds is 1. The van der Waals surface area contributed by atoms with E-state index in [-0.39, 0.29) is 5.41 Å². The van der Waals surface area contributed by atoms with Crippen LogP contribution >= 0.6 is 0 Å². The van der Waals surface area contributed by atoms with Crippen LogP contribution in [0.5, 0.6) is 0 Å². The van der Waals surface area contributed by atoms with Gasteiger partial charge in [-0.25, -0.2) is 4.79 Å². The first kappa shape index (κ1) is 13.2. The van der Waals surface area contributed by atoms with Crippen LogP contribution in [-0.4, -0.2) is 19.0 Å². The molecule has 0 aliphatic rings. The van der Waals surface area contributed by atoms with Gasteiger partial charge in [0.15, 0.2) is 0 Å². The first-order valence-electron chi connectivity index (χ1n) is 5.34. The molecule has 0 radical (unpaired) electrons. The molecule has 1 aromatic rings. The van der Waals surface area contributed by atoms with Gasteiger partial charge < -0.3 is 10.1 Å². The van der Waals surface area contributed by atoms with Crippen LogP contribution in [0.15, 0.2) is 24.3 Å². The fourth-order valence-corrected chi connectivity index (χ4v) is 1.33. The second-order valence-electron chi connectivity index (χ2n) is 4.77. The van der Waals surface area contributed by atoms with E-state index in [1.54, 1.807) is 12.1 Å². The molecule has 0 bridgehead atoms. The molecule has 4 heteroatoms.